The molecule has 0 aliphatic rings. The third-order valence-electron chi connectivity index (χ3n) is 3.17. The lowest BCUT2D eigenvalue weighted by atomic mass is 10.1. The number of halogens is 2. The number of rotatable bonds is 3. The van der Waals surface area contributed by atoms with E-state index in [0.29, 0.717) is 38.5 Å². The van der Waals surface area contributed by atoms with E-state index in [9.17, 15) is 0 Å². The van der Waals surface area contributed by atoms with Gasteiger partial charge in [-0.2, -0.15) is 0 Å². The van der Waals surface area contributed by atoms with Crippen LogP contribution in [0.4, 0.5) is 5.69 Å². The predicted octanol–water partition coefficient (Wildman–Crippen LogP) is 4.92. The van der Waals surface area contributed by atoms with E-state index in [1.807, 2.05) is 12.1 Å². The summed E-state index contributed by atoms with van der Waals surface area (Å²) in [6, 6.07) is 10.4. The Labute approximate surface area is 137 Å². The van der Waals surface area contributed by atoms with Gasteiger partial charge in [0.25, 0.3) is 0 Å². The number of nitrogen functional groups attached to an aromatic ring is 1. The van der Waals surface area contributed by atoms with E-state index >= 15 is 0 Å². The molecule has 1 aromatic heterocycles. The van der Waals surface area contributed by atoms with Crippen molar-refractivity contribution in [3.05, 3.63) is 52.6 Å². The van der Waals surface area contributed by atoms with Gasteiger partial charge in [-0.1, -0.05) is 23.2 Å². The van der Waals surface area contributed by atoms with Crippen molar-refractivity contribution in [2.75, 3.05) is 12.8 Å². The van der Waals surface area contributed by atoms with Crippen LogP contribution in [-0.2, 0) is 0 Å². The minimum absolute atomic E-state index is 0.413. The zero-order valence-electron chi connectivity index (χ0n) is 11.6. The molecule has 3 rings (SSSR count). The summed E-state index contributed by atoms with van der Waals surface area (Å²) in [5, 5.41) is 1.63. The molecule has 1 heterocycles. The Kier molecular flexibility index (Phi) is 3.96. The number of anilines is 1. The van der Waals surface area contributed by atoms with Gasteiger partial charge in [0.05, 0.1) is 28.4 Å². The van der Waals surface area contributed by atoms with Gasteiger partial charge in [0.15, 0.2) is 11.5 Å². The van der Waals surface area contributed by atoms with Crippen molar-refractivity contribution in [2.24, 2.45) is 0 Å². The Bertz CT molecular complexity index is 853. The molecule has 0 unspecified atom stereocenters. The second-order valence-corrected chi connectivity index (χ2v) is 5.39. The summed E-state index contributed by atoms with van der Waals surface area (Å²) in [5.41, 5.74) is 7.18. The van der Waals surface area contributed by atoms with Crippen molar-refractivity contribution in [1.29, 1.82) is 0 Å². The van der Waals surface area contributed by atoms with E-state index in [2.05, 4.69) is 4.98 Å². The molecule has 0 aliphatic carbocycles. The smallest absolute Gasteiger partial charge is 0.178 e. The number of benzene rings is 2. The van der Waals surface area contributed by atoms with Gasteiger partial charge in [-0.05, 0) is 24.3 Å². The Balaban J connectivity index is 2.16. The van der Waals surface area contributed by atoms with E-state index in [1.54, 1.807) is 37.6 Å². The third-order valence-corrected chi connectivity index (χ3v) is 3.91. The normalized spacial score (nSPS) is 10.7. The highest BCUT2D eigenvalue weighted by molar-refractivity contribution is 6.42. The lowest BCUT2D eigenvalue weighted by Gasteiger charge is -2.14. The first-order chi connectivity index (χ1) is 10.6. The Morgan fingerprint density at radius 2 is 1.91 bits per heavy atom. The molecule has 2 N–H and O–H groups in total. The van der Waals surface area contributed by atoms with E-state index in [4.69, 9.17) is 38.4 Å². The van der Waals surface area contributed by atoms with E-state index in [1.165, 1.54) is 0 Å². The average molecular weight is 335 g/mol. The average Bonchev–Trinajstić information content (AvgIpc) is 2.53. The zero-order valence-corrected chi connectivity index (χ0v) is 13.2. The number of ether oxygens (including phenoxy) is 2. The molecule has 0 spiro atoms. The summed E-state index contributed by atoms with van der Waals surface area (Å²) in [6.07, 6.45) is 1.67. The van der Waals surface area contributed by atoms with Gasteiger partial charge < -0.3 is 15.2 Å². The molecule has 0 radical (unpaired) electrons. The molecule has 3 aromatic rings. The molecule has 0 amide bonds. The van der Waals surface area contributed by atoms with Gasteiger partial charge in [-0.15, -0.1) is 0 Å². The molecule has 0 bridgehead atoms. The van der Waals surface area contributed by atoms with Gasteiger partial charge in [0.1, 0.15) is 5.75 Å². The van der Waals surface area contributed by atoms with Crippen LogP contribution in [0.5, 0.6) is 17.2 Å². The first kappa shape index (κ1) is 14.8. The summed E-state index contributed by atoms with van der Waals surface area (Å²) in [4.78, 5) is 4.28. The minimum atomic E-state index is 0.413. The van der Waals surface area contributed by atoms with Crippen LogP contribution in [0.2, 0.25) is 10.0 Å². The molecule has 0 saturated carbocycles. The minimum Gasteiger partial charge on any atom is -0.493 e. The van der Waals surface area contributed by atoms with Gasteiger partial charge in [0.2, 0.25) is 0 Å². The molecule has 2 aromatic carbocycles. The summed E-state index contributed by atoms with van der Waals surface area (Å²) in [5.74, 6) is 1.59. The number of hydrogen-bond donors (Lipinski definition) is 1. The van der Waals surface area contributed by atoms with Crippen molar-refractivity contribution in [3.63, 3.8) is 0 Å². The van der Waals surface area contributed by atoms with Crippen LogP contribution in [0, 0.1) is 0 Å². The van der Waals surface area contributed by atoms with Crippen LogP contribution in [0.15, 0.2) is 42.6 Å². The molecule has 0 aliphatic heterocycles. The van der Waals surface area contributed by atoms with Gasteiger partial charge in [-0.3, -0.25) is 4.98 Å². The maximum absolute atomic E-state index is 6.02. The summed E-state index contributed by atoms with van der Waals surface area (Å²) >= 11 is 11.9. The van der Waals surface area contributed by atoms with Crippen molar-refractivity contribution >= 4 is 39.8 Å². The van der Waals surface area contributed by atoms with Crippen LogP contribution in [0.3, 0.4) is 0 Å². The van der Waals surface area contributed by atoms with Crippen molar-refractivity contribution in [2.45, 2.75) is 0 Å². The molecule has 0 saturated heterocycles. The first-order valence-electron chi connectivity index (χ1n) is 6.44. The number of pyridine rings is 1. The summed E-state index contributed by atoms with van der Waals surface area (Å²) in [6.45, 7) is 0. The topological polar surface area (TPSA) is 57.4 Å². The highest BCUT2D eigenvalue weighted by Gasteiger charge is 2.15. The monoisotopic (exact) mass is 334 g/mol. The van der Waals surface area contributed by atoms with Gasteiger partial charge in [0, 0.05) is 23.7 Å². The molecular weight excluding hydrogens is 323 g/mol. The van der Waals surface area contributed by atoms with Crippen molar-refractivity contribution in [1.82, 2.24) is 4.98 Å². The number of nitrogens with zero attached hydrogens (tertiary/aromatic N) is 1. The van der Waals surface area contributed by atoms with Crippen LogP contribution in [0.1, 0.15) is 0 Å². The Morgan fingerprint density at radius 1 is 1.09 bits per heavy atom. The molecule has 22 heavy (non-hydrogen) atoms. The van der Waals surface area contributed by atoms with Crippen LogP contribution >= 0.6 is 23.2 Å². The number of nitrogens with two attached hydrogens (primary N) is 1. The van der Waals surface area contributed by atoms with Crippen LogP contribution in [0.25, 0.3) is 10.9 Å². The van der Waals surface area contributed by atoms with E-state index in [-0.39, 0.29) is 0 Å². The molecule has 0 atom stereocenters. The summed E-state index contributed by atoms with van der Waals surface area (Å²) < 4.78 is 11.3. The van der Waals surface area contributed by atoms with E-state index < -0.39 is 0 Å². The quantitative estimate of drug-likeness (QED) is 0.690. The lowest BCUT2D eigenvalue weighted by Crippen LogP contribution is -1.96. The van der Waals surface area contributed by atoms with E-state index in [0.717, 1.165) is 5.39 Å². The third kappa shape index (κ3) is 2.63. The number of hydrogen-bond acceptors (Lipinski definition) is 4. The second-order valence-electron chi connectivity index (χ2n) is 4.57. The fraction of sp³-hybridized carbons (Fsp3) is 0.0625. The fourth-order valence-corrected chi connectivity index (χ4v) is 2.43. The molecule has 112 valence electrons. The maximum Gasteiger partial charge on any atom is 0.178 e. The molecule has 4 nitrogen and oxygen atoms in total. The van der Waals surface area contributed by atoms with Crippen molar-refractivity contribution < 1.29 is 9.47 Å². The largest absolute Gasteiger partial charge is 0.493 e. The van der Waals surface area contributed by atoms with Gasteiger partial charge >= 0.3 is 0 Å². The molecular formula is C16H12Cl2N2O2. The lowest BCUT2D eigenvalue weighted by molar-refractivity contribution is 0.381. The fourth-order valence-electron chi connectivity index (χ4n) is 2.14. The zero-order chi connectivity index (χ0) is 15.7. The number of methoxy groups -OCH3 is 1. The highest BCUT2D eigenvalue weighted by atomic mass is 35.5. The van der Waals surface area contributed by atoms with Crippen LogP contribution < -0.4 is 15.2 Å². The predicted molar refractivity (Wildman–Crippen MR) is 89.2 cm³/mol. The van der Waals surface area contributed by atoms with Crippen LogP contribution in [-0.4, -0.2) is 12.1 Å². The molecule has 6 heteroatoms. The second kappa shape index (κ2) is 5.91. The maximum atomic E-state index is 6.02. The van der Waals surface area contributed by atoms with Crippen molar-refractivity contribution in [3.8, 4) is 17.2 Å². The molecule has 0 fully saturated rings. The highest BCUT2D eigenvalue weighted by Crippen LogP contribution is 2.41. The Morgan fingerprint density at radius 3 is 2.64 bits per heavy atom. The standard InChI is InChI=1S/C16H12Cl2N2O2/c1-21-14-8-13(19)15-10(3-2-6-20-15)16(14)22-9-4-5-11(17)12(18)7-9/h2-8H,19H2,1H3. The number of fused-ring (bicyclic) bond motifs is 1. The summed E-state index contributed by atoms with van der Waals surface area (Å²) in [7, 11) is 1.55. The SMILES string of the molecule is COc1cc(N)c2ncccc2c1Oc1ccc(Cl)c(Cl)c1. The Hall–Kier alpha value is -2.17. The first-order valence-corrected chi connectivity index (χ1v) is 7.20. The number of aromatic nitrogens is 1. The van der Waals surface area contributed by atoms with Gasteiger partial charge in [-0.25, -0.2) is 0 Å².